The summed E-state index contributed by atoms with van der Waals surface area (Å²) in [6.07, 6.45) is 5.76. The predicted molar refractivity (Wildman–Crippen MR) is 109 cm³/mol. The van der Waals surface area contributed by atoms with Gasteiger partial charge in [0.15, 0.2) is 0 Å². The van der Waals surface area contributed by atoms with Crippen LogP contribution in [0.1, 0.15) is 38.4 Å². The van der Waals surface area contributed by atoms with Gasteiger partial charge in [-0.25, -0.2) is 0 Å². The number of quaternary nitrogens is 1. The van der Waals surface area contributed by atoms with Gasteiger partial charge < -0.3 is 26.7 Å². The zero-order valence-corrected chi connectivity index (χ0v) is 17.8. The van der Waals surface area contributed by atoms with Crippen molar-refractivity contribution in [3.8, 4) is 5.75 Å². The summed E-state index contributed by atoms with van der Waals surface area (Å²) >= 11 is 0. The third-order valence-electron chi connectivity index (χ3n) is 7.27. The predicted octanol–water partition coefficient (Wildman–Crippen LogP) is 1.10. The molecule has 5 rings (SSSR count). The molecule has 5 heteroatoms. The van der Waals surface area contributed by atoms with Crippen molar-refractivity contribution in [1.82, 2.24) is 4.98 Å². The molecular formula is C23H31ClN2O2. The number of hydrogen-bond acceptors (Lipinski definition) is 3. The van der Waals surface area contributed by atoms with Crippen LogP contribution in [0.5, 0.6) is 5.75 Å². The number of nitrogens with zero attached hydrogens (tertiary/aromatic N) is 2. The van der Waals surface area contributed by atoms with Crippen LogP contribution >= 0.6 is 0 Å². The standard InChI is InChI=1S/C23H31N2O2.ClH/c1-5-16-14-25(15(2)3)11-9-17(16)12-22(25)23(26)19-8-10-24-21-7-6-18(27-4)13-20(19)21;/h5-8,10,13,15-17,22-23,26H,1,9,11-12,14H2,2-4H3;1H/q+1;/p-1. The van der Waals surface area contributed by atoms with Crippen LogP contribution in [0.25, 0.3) is 10.9 Å². The fourth-order valence-electron chi connectivity index (χ4n) is 5.63. The van der Waals surface area contributed by atoms with Gasteiger partial charge in [0.05, 0.1) is 31.8 Å². The first kappa shape index (κ1) is 21.1. The number of benzene rings is 1. The summed E-state index contributed by atoms with van der Waals surface area (Å²) in [5.74, 6) is 2.01. The minimum atomic E-state index is -0.501. The molecule has 4 nitrogen and oxygen atoms in total. The van der Waals surface area contributed by atoms with Crippen molar-refractivity contribution in [3.05, 3.63) is 48.7 Å². The molecule has 0 saturated carbocycles. The van der Waals surface area contributed by atoms with Gasteiger partial charge in [0.2, 0.25) is 0 Å². The first-order valence-corrected chi connectivity index (χ1v) is 10.1. The van der Waals surface area contributed by atoms with Crippen molar-refractivity contribution >= 4 is 10.9 Å². The number of rotatable bonds is 5. The average Bonchev–Trinajstić information content (AvgIpc) is 2.72. The Bertz CT molecular complexity index is 856. The SMILES string of the molecule is C=CC1C[N+]2(C(C)C)CCC1CC2C(O)c1ccnc2ccc(OC)cc12.[Cl-]. The van der Waals surface area contributed by atoms with E-state index in [4.69, 9.17) is 4.74 Å². The van der Waals surface area contributed by atoms with Crippen molar-refractivity contribution in [3.63, 3.8) is 0 Å². The number of piperidine rings is 3. The summed E-state index contributed by atoms with van der Waals surface area (Å²) in [5, 5.41) is 12.6. The molecule has 3 saturated heterocycles. The van der Waals surface area contributed by atoms with Gasteiger partial charge in [-0.1, -0.05) is 6.08 Å². The molecule has 1 aromatic heterocycles. The molecular weight excluding hydrogens is 372 g/mol. The maximum Gasteiger partial charge on any atom is 0.131 e. The average molecular weight is 403 g/mol. The molecule has 1 N–H and O–H groups in total. The molecule has 2 bridgehead atoms. The van der Waals surface area contributed by atoms with Gasteiger partial charge in [0.25, 0.3) is 0 Å². The number of fused-ring (bicyclic) bond motifs is 4. The Hall–Kier alpha value is -1.62. The molecule has 1 aromatic carbocycles. The largest absolute Gasteiger partial charge is 1.00 e. The normalized spacial score (nSPS) is 30.1. The second-order valence-electron chi connectivity index (χ2n) is 8.58. The van der Waals surface area contributed by atoms with Gasteiger partial charge in [0.1, 0.15) is 17.9 Å². The van der Waals surface area contributed by atoms with E-state index in [0.717, 1.165) is 46.2 Å². The van der Waals surface area contributed by atoms with Crippen LogP contribution in [0.3, 0.4) is 0 Å². The number of methoxy groups -OCH3 is 1. The number of aliphatic hydroxyl groups is 1. The van der Waals surface area contributed by atoms with Crippen molar-refractivity contribution in [2.45, 2.75) is 44.9 Å². The molecule has 0 radical (unpaired) electrons. The van der Waals surface area contributed by atoms with Crippen LogP contribution in [0.15, 0.2) is 43.1 Å². The Morgan fingerprint density at radius 2 is 2.11 bits per heavy atom. The molecule has 0 spiro atoms. The Kier molecular flexibility index (Phi) is 6.04. The van der Waals surface area contributed by atoms with Crippen LogP contribution in [0.4, 0.5) is 0 Å². The Morgan fingerprint density at radius 3 is 2.79 bits per heavy atom. The molecule has 5 atom stereocenters. The molecule has 5 unspecified atom stereocenters. The van der Waals surface area contributed by atoms with E-state index in [-0.39, 0.29) is 18.4 Å². The number of hydrogen-bond donors (Lipinski definition) is 1. The Labute approximate surface area is 174 Å². The van der Waals surface area contributed by atoms with E-state index in [1.54, 1.807) is 7.11 Å². The highest BCUT2D eigenvalue weighted by Crippen LogP contribution is 2.48. The smallest absolute Gasteiger partial charge is 0.131 e. The van der Waals surface area contributed by atoms with E-state index in [0.29, 0.717) is 17.9 Å². The monoisotopic (exact) mass is 402 g/mol. The van der Waals surface area contributed by atoms with Gasteiger partial charge in [-0.15, -0.1) is 6.58 Å². The lowest BCUT2D eigenvalue weighted by Gasteiger charge is -2.60. The van der Waals surface area contributed by atoms with E-state index >= 15 is 0 Å². The molecule has 0 amide bonds. The highest BCUT2D eigenvalue weighted by atomic mass is 35.5. The Morgan fingerprint density at radius 1 is 1.32 bits per heavy atom. The molecule has 0 aliphatic carbocycles. The van der Waals surface area contributed by atoms with Gasteiger partial charge in [-0.2, -0.15) is 0 Å². The van der Waals surface area contributed by atoms with Crippen molar-refractivity contribution < 1.29 is 26.7 Å². The second kappa shape index (κ2) is 8.02. The van der Waals surface area contributed by atoms with Crippen LogP contribution in [0.2, 0.25) is 0 Å². The molecule has 152 valence electrons. The molecule has 3 aliphatic heterocycles. The van der Waals surface area contributed by atoms with Crippen LogP contribution < -0.4 is 17.1 Å². The van der Waals surface area contributed by atoms with E-state index in [2.05, 4.69) is 31.5 Å². The minimum absolute atomic E-state index is 0. The van der Waals surface area contributed by atoms with E-state index < -0.39 is 6.10 Å². The summed E-state index contributed by atoms with van der Waals surface area (Å²) in [5.41, 5.74) is 1.88. The maximum absolute atomic E-state index is 11.6. The maximum atomic E-state index is 11.6. The van der Waals surface area contributed by atoms with Gasteiger partial charge in [-0.05, 0) is 49.6 Å². The Balaban J connectivity index is 0.00000225. The topological polar surface area (TPSA) is 42.4 Å². The van der Waals surface area contributed by atoms with E-state index in [1.165, 1.54) is 6.42 Å². The number of ether oxygens (including phenoxy) is 1. The van der Waals surface area contributed by atoms with Crippen LogP contribution in [-0.4, -0.2) is 46.9 Å². The highest BCUT2D eigenvalue weighted by Gasteiger charge is 2.55. The summed E-state index contributed by atoms with van der Waals surface area (Å²) in [4.78, 5) is 4.49. The lowest BCUT2D eigenvalue weighted by atomic mass is 9.70. The summed E-state index contributed by atoms with van der Waals surface area (Å²) < 4.78 is 6.40. The summed E-state index contributed by atoms with van der Waals surface area (Å²) in [6.45, 7) is 10.9. The van der Waals surface area contributed by atoms with E-state index in [1.807, 2.05) is 30.5 Å². The minimum Gasteiger partial charge on any atom is -1.00 e. The van der Waals surface area contributed by atoms with Crippen molar-refractivity contribution in [2.24, 2.45) is 11.8 Å². The molecule has 28 heavy (non-hydrogen) atoms. The van der Waals surface area contributed by atoms with Crippen LogP contribution in [0, 0.1) is 11.8 Å². The molecule has 3 aliphatic rings. The number of halogens is 1. The number of pyridine rings is 1. The van der Waals surface area contributed by atoms with Crippen molar-refractivity contribution in [1.29, 1.82) is 0 Å². The fourth-order valence-corrected chi connectivity index (χ4v) is 5.63. The molecule has 2 aromatic rings. The molecule has 4 heterocycles. The lowest BCUT2D eigenvalue weighted by Crippen LogP contribution is -3.00. The van der Waals surface area contributed by atoms with Crippen molar-refractivity contribution in [2.75, 3.05) is 20.2 Å². The number of aliphatic hydroxyl groups excluding tert-OH is 1. The van der Waals surface area contributed by atoms with Gasteiger partial charge in [-0.3, -0.25) is 4.98 Å². The first-order chi connectivity index (χ1) is 13.0. The fraction of sp³-hybridized carbons (Fsp3) is 0.522. The van der Waals surface area contributed by atoms with Gasteiger partial charge in [0, 0.05) is 30.3 Å². The van der Waals surface area contributed by atoms with E-state index in [9.17, 15) is 5.11 Å². The third-order valence-corrected chi connectivity index (χ3v) is 7.27. The zero-order chi connectivity index (χ0) is 19.2. The molecule has 3 fully saturated rings. The number of aromatic nitrogens is 1. The first-order valence-electron chi connectivity index (χ1n) is 10.1. The highest BCUT2D eigenvalue weighted by molar-refractivity contribution is 5.83. The summed E-state index contributed by atoms with van der Waals surface area (Å²) in [6, 6.07) is 8.58. The zero-order valence-electron chi connectivity index (χ0n) is 17.0. The third kappa shape index (κ3) is 3.22. The quantitative estimate of drug-likeness (QED) is 0.601. The lowest BCUT2D eigenvalue weighted by molar-refractivity contribution is -0.990. The van der Waals surface area contributed by atoms with Crippen LogP contribution in [-0.2, 0) is 0 Å². The van der Waals surface area contributed by atoms with Gasteiger partial charge >= 0.3 is 0 Å². The summed E-state index contributed by atoms with van der Waals surface area (Å²) in [7, 11) is 1.67. The second-order valence-corrected chi connectivity index (χ2v) is 8.58.